The van der Waals surface area contributed by atoms with Crippen LogP contribution in [-0.2, 0) is 0 Å². The predicted molar refractivity (Wildman–Crippen MR) is 71.9 cm³/mol. The molecule has 0 radical (unpaired) electrons. The van der Waals surface area contributed by atoms with Crippen LogP contribution >= 0.6 is 0 Å². The Kier molecular flexibility index (Phi) is 4.07. The summed E-state index contributed by atoms with van der Waals surface area (Å²) < 4.78 is 0. The quantitative estimate of drug-likeness (QED) is 0.704. The lowest BCUT2D eigenvalue weighted by Gasteiger charge is -2.23. The van der Waals surface area contributed by atoms with Crippen molar-refractivity contribution in [1.29, 1.82) is 0 Å². The third kappa shape index (κ3) is 3.39. The van der Waals surface area contributed by atoms with Gasteiger partial charge in [0.15, 0.2) is 0 Å². The van der Waals surface area contributed by atoms with Crippen molar-refractivity contribution in [2.24, 2.45) is 0 Å². The number of amides is 2. The standard InChI is InChI=1S/C14H20N2O2/c1-10-9-12(17)7-8-13(10)16-14(18)15-11-5-3-2-4-6-11/h7-9,11,17H,2-6H2,1H3,(H2,15,16,18). The van der Waals surface area contributed by atoms with Crippen molar-refractivity contribution in [3.05, 3.63) is 23.8 Å². The largest absolute Gasteiger partial charge is 0.508 e. The van der Waals surface area contributed by atoms with Crippen molar-refractivity contribution in [2.45, 2.75) is 45.1 Å². The smallest absolute Gasteiger partial charge is 0.319 e. The van der Waals surface area contributed by atoms with Crippen LogP contribution in [0.15, 0.2) is 18.2 Å². The number of rotatable bonds is 2. The number of urea groups is 1. The minimum atomic E-state index is -0.157. The van der Waals surface area contributed by atoms with Crippen molar-refractivity contribution >= 4 is 11.7 Å². The minimum Gasteiger partial charge on any atom is -0.508 e. The van der Waals surface area contributed by atoms with Crippen LogP contribution in [0.3, 0.4) is 0 Å². The van der Waals surface area contributed by atoms with E-state index in [4.69, 9.17) is 0 Å². The van der Waals surface area contributed by atoms with Gasteiger partial charge in [-0.2, -0.15) is 0 Å². The highest BCUT2D eigenvalue weighted by Crippen LogP contribution is 2.21. The van der Waals surface area contributed by atoms with Gasteiger partial charge in [0.25, 0.3) is 0 Å². The Morgan fingerprint density at radius 2 is 2.00 bits per heavy atom. The first kappa shape index (κ1) is 12.7. The second-order valence-electron chi connectivity index (χ2n) is 4.93. The van der Waals surface area contributed by atoms with Crippen LogP contribution in [0.1, 0.15) is 37.7 Å². The lowest BCUT2D eigenvalue weighted by molar-refractivity contribution is 0.244. The van der Waals surface area contributed by atoms with E-state index in [-0.39, 0.29) is 11.8 Å². The number of hydrogen-bond acceptors (Lipinski definition) is 2. The predicted octanol–water partition coefficient (Wildman–Crippen LogP) is 3.15. The number of anilines is 1. The van der Waals surface area contributed by atoms with Gasteiger partial charge in [0, 0.05) is 11.7 Å². The van der Waals surface area contributed by atoms with Crippen molar-refractivity contribution in [1.82, 2.24) is 5.32 Å². The van der Waals surface area contributed by atoms with Gasteiger partial charge in [-0.15, -0.1) is 0 Å². The molecule has 0 bridgehead atoms. The van der Waals surface area contributed by atoms with Gasteiger partial charge in [-0.25, -0.2) is 4.79 Å². The third-order valence-corrected chi connectivity index (χ3v) is 3.40. The third-order valence-electron chi connectivity index (χ3n) is 3.40. The van der Waals surface area contributed by atoms with E-state index in [1.807, 2.05) is 6.92 Å². The second kappa shape index (κ2) is 5.76. The van der Waals surface area contributed by atoms with E-state index in [9.17, 15) is 9.90 Å². The zero-order chi connectivity index (χ0) is 13.0. The Balaban J connectivity index is 1.90. The SMILES string of the molecule is Cc1cc(O)ccc1NC(=O)NC1CCCCC1. The van der Waals surface area contributed by atoms with E-state index in [1.54, 1.807) is 18.2 Å². The zero-order valence-corrected chi connectivity index (χ0v) is 10.7. The molecule has 0 saturated heterocycles. The van der Waals surface area contributed by atoms with E-state index in [0.29, 0.717) is 6.04 Å². The van der Waals surface area contributed by atoms with E-state index in [2.05, 4.69) is 10.6 Å². The van der Waals surface area contributed by atoms with E-state index in [0.717, 1.165) is 24.1 Å². The molecule has 0 aliphatic heterocycles. The van der Waals surface area contributed by atoms with Gasteiger partial charge in [-0.1, -0.05) is 19.3 Å². The van der Waals surface area contributed by atoms with Gasteiger partial charge in [0.1, 0.15) is 5.75 Å². The Morgan fingerprint density at radius 3 is 2.67 bits per heavy atom. The van der Waals surface area contributed by atoms with Crippen LogP contribution in [0.4, 0.5) is 10.5 Å². The Labute approximate surface area is 107 Å². The van der Waals surface area contributed by atoms with Crippen molar-refractivity contribution < 1.29 is 9.90 Å². The average molecular weight is 248 g/mol. The molecule has 0 heterocycles. The molecular formula is C14H20N2O2. The summed E-state index contributed by atoms with van der Waals surface area (Å²) in [5.74, 6) is 0.214. The number of phenols is 1. The molecular weight excluding hydrogens is 228 g/mol. The first-order valence-electron chi connectivity index (χ1n) is 6.52. The van der Waals surface area contributed by atoms with Crippen molar-refractivity contribution in [2.75, 3.05) is 5.32 Å². The molecule has 3 N–H and O–H groups in total. The molecule has 1 fully saturated rings. The maximum atomic E-state index is 11.8. The summed E-state index contributed by atoms with van der Waals surface area (Å²) in [6, 6.07) is 5.07. The molecule has 1 aliphatic carbocycles. The first-order chi connectivity index (χ1) is 8.65. The summed E-state index contributed by atoms with van der Waals surface area (Å²) in [6.45, 7) is 1.86. The first-order valence-corrected chi connectivity index (χ1v) is 6.52. The van der Waals surface area contributed by atoms with Gasteiger partial charge in [0.05, 0.1) is 0 Å². The summed E-state index contributed by atoms with van der Waals surface area (Å²) in [5.41, 5.74) is 1.59. The van der Waals surface area contributed by atoms with Gasteiger partial charge >= 0.3 is 6.03 Å². The molecule has 98 valence electrons. The highest BCUT2D eigenvalue weighted by atomic mass is 16.3. The Hall–Kier alpha value is -1.71. The molecule has 1 saturated carbocycles. The molecule has 4 nitrogen and oxygen atoms in total. The van der Waals surface area contributed by atoms with Gasteiger partial charge in [-0.05, 0) is 43.5 Å². The summed E-state index contributed by atoms with van der Waals surface area (Å²) in [7, 11) is 0. The van der Waals surface area contributed by atoms with E-state index in [1.165, 1.54) is 19.3 Å². The number of nitrogens with one attached hydrogen (secondary N) is 2. The fourth-order valence-electron chi connectivity index (χ4n) is 2.38. The number of hydrogen-bond donors (Lipinski definition) is 3. The molecule has 1 aromatic carbocycles. The van der Waals surface area contributed by atoms with Crippen LogP contribution < -0.4 is 10.6 Å². The fourth-order valence-corrected chi connectivity index (χ4v) is 2.38. The highest BCUT2D eigenvalue weighted by Gasteiger charge is 2.15. The van der Waals surface area contributed by atoms with Gasteiger partial charge in [-0.3, -0.25) is 0 Å². The molecule has 0 unspecified atom stereocenters. The summed E-state index contributed by atoms with van der Waals surface area (Å²) in [4.78, 5) is 11.8. The number of benzene rings is 1. The number of phenolic OH excluding ortho intramolecular Hbond substituents is 1. The lowest BCUT2D eigenvalue weighted by atomic mass is 9.96. The van der Waals surface area contributed by atoms with Crippen LogP contribution in [0, 0.1) is 6.92 Å². The second-order valence-corrected chi connectivity index (χ2v) is 4.93. The molecule has 2 rings (SSSR count). The monoisotopic (exact) mass is 248 g/mol. The van der Waals surface area contributed by atoms with Crippen LogP contribution in [-0.4, -0.2) is 17.2 Å². The molecule has 4 heteroatoms. The Morgan fingerprint density at radius 1 is 1.28 bits per heavy atom. The lowest BCUT2D eigenvalue weighted by Crippen LogP contribution is -2.39. The molecule has 2 amide bonds. The average Bonchev–Trinajstić information content (AvgIpc) is 2.34. The molecule has 0 aromatic heterocycles. The Bertz CT molecular complexity index is 426. The number of carbonyl (C=O) groups is 1. The topological polar surface area (TPSA) is 61.4 Å². The summed E-state index contributed by atoms with van der Waals surface area (Å²) >= 11 is 0. The molecule has 1 aromatic rings. The zero-order valence-electron chi connectivity index (χ0n) is 10.7. The fraction of sp³-hybridized carbons (Fsp3) is 0.500. The van der Waals surface area contributed by atoms with Crippen LogP contribution in [0.25, 0.3) is 0 Å². The van der Waals surface area contributed by atoms with Crippen molar-refractivity contribution in [3.63, 3.8) is 0 Å². The van der Waals surface area contributed by atoms with E-state index >= 15 is 0 Å². The van der Waals surface area contributed by atoms with Crippen molar-refractivity contribution in [3.8, 4) is 5.75 Å². The number of aryl methyl sites for hydroxylation is 1. The molecule has 1 aliphatic rings. The molecule has 0 spiro atoms. The normalized spacial score (nSPS) is 16.3. The van der Waals surface area contributed by atoms with Gasteiger partial charge in [0.2, 0.25) is 0 Å². The number of aromatic hydroxyl groups is 1. The molecule has 18 heavy (non-hydrogen) atoms. The number of carbonyl (C=O) groups excluding carboxylic acids is 1. The van der Waals surface area contributed by atoms with Crippen LogP contribution in [0.2, 0.25) is 0 Å². The van der Waals surface area contributed by atoms with Crippen LogP contribution in [0.5, 0.6) is 5.75 Å². The maximum absolute atomic E-state index is 11.8. The highest BCUT2D eigenvalue weighted by molar-refractivity contribution is 5.90. The summed E-state index contributed by atoms with van der Waals surface area (Å²) in [5, 5.41) is 15.1. The van der Waals surface area contributed by atoms with Gasteiger partial charge < -0.3 is 15.7 Å². The minimum absolute atomic E-state index is 0.157. The maximum Gasteiger partial charge on any atom is 0.319 e. The van der Waals surface area contributed by atoms with E-state index < -0.39 is 0 Å². The summed E-state index contributed by atoms with van der Waals surface area (Å²) in [6.07, 6.45) is 5.81. The molecule has 0 atom stereocenters.